The zero-order chi connectivity index (χ0) is 27.5. The summed E-state index contributed by atoms with van der Waals surface area (Å²) in [5.41, 5.74) is 7.53. The van der Waals surface area contributed by atoms with E-state index >= 15 is 0 Å². The zero-order valence-corrected chi connectivity index (χ0v) is 22.4. The standard InChI is InChI=1S/C30H28N8O2/c1-16-13-32-30(34-25-11-17(2)37(3)36-25)35-26(16)23-14-31-27-21(23)5-4-6-24(27)38-15-19-9-10-20(12-22(19)29(38)40)33-28(39)18-7-8-18/h4-6,9-14,18,31H,7-8,15H2,1-3H3,(H,33,39)(H,32,34,35,36). The fraction of sp³-hybridized carbons (Fsp3) is 0.233. The Morgan fingerprint density at radius 3 is 2.73 bits per heavy atom. The van der Waals surface area contributed by atoms with E-state index < -0.39 is 0 Å². The molecule has 1 saturated carbocycles. The number of fused-ring (bicyclic) bond motifs is 2. The number of hydrogen-bond donors (Lipinski definition) is 3. The van der Waals surface area contributed by atoms with Crippen LogP contribution in [0.25, 0.3) is 22.2 Å². The van der Waals surface area contributed by atoms with Gasteiger partial charge in [0.15, 0.2) is 5.82 Å². The van der Waals surface area contributed by atoms with E-state index in [4.69, 9.17) is 4.98 Å². The second kappa shape index (κ2) is 9.04. The first-order chi connectivity index (χ1) is 19.4. The summed E-state index contributed by atoms with van der Waals surface area (Å²) >= 11 is 0. The van der Waals surface area contributed by atoms with Crippen LogP contribution in [0, 0.1) is 19.8 Å². The number of carbonyl (C=O) groups is 2. The number of hydrogen-bond acceptors (Lipinski definition) is 6. The molecule has 0 unspecified atom stereocenters. The normalized spacial score (nSPS) is 14.6. The van der Waals surface area contributed by atoms with Crippen LogP contribution in [-0.4, -0.2) is 36.5 Å². The summed E-state index contributed by atoms with van der Waals surface area (Å²) in [6, 6.07) is 13.5. The predicted molar refractivity (Wildman–Crippen MR) is 154 cm³/mol. The maximum atomic E-state index is 13.6. The molecular weight excluding hydrogens is 504 g/mol. The van der Waals surface area contributed by atoms with E-state index in [0.717, 1.165) is 57.5 Å². The molecule has 7 rings (SSSR count). The highest BCUT2D eigenvalue weighted by atomic mass is 16.2. The van der Waals surface area contributed by atoms with Crippen LogP contribution in [0.3, 0.4) is 0 Å². The monoisotopic (exact) mass is 532 g/mol. The lowest BCUT2D eigenvalue weighted by molar-refractivity contribution is -0.117. The molecule has 1 aliphatic heterocycles. The lowest BCUT2D eigenvalue weighted by Gasteiger charge is -2.17. The Bertz CT molecular complexity index is 1810. The number of anilines is 4. The average molecular weight is 533 g/mol. The summed E-state index contributed by atoms with van der Waals surface area (Å²) in [7, 11) is 1.89. The van der Waals surface area contributed by atoms with Crippen LogP contribution < -0.4 is 15.5 Å². The second-order valence-corrected chi connectivity index (χ2v) is 10.6. The minimum absolute atomic E-state index is 0.0273. The van der Waals surface area contributed by atoms with Crippen molar-refractivity contribution >= 4 is 45.9 Å². The van der Waals surface area contributed by atoms with Crippen LogP contribution >= 0.6 is 0 Å². The first-order valence-corrected chi connectivity index (χ1v) is 13.3. The summed E-state index contributed by atoms with van der Waals surface area (Å²) < 4.78 is 1.79. The van der Waals surface area contributed by atoms with Crippen LogP contribution in [0.2, 0.25) is 0 Å². The van der Waals surface area contributed by atoms with Crippen LogP contribution in [-0.2, 0) is 18.4 Å². The third-order valence-electron chi connectivity index (χ3n) is 7.69. The quantitative estimate of drug-likeness (QED) is 0.275. The van der Waals surface area contributed by atoms with Crippen molar-refractivity contribution in [1.29, 1.82) is 0 Å². The fourth-order valence-electron chi connectivity index (χ4n) is 5.23. The molecule has 5 aromatic rings. The summed E-state index contributed by atoms with van der Waals surface area (Å²) in [5.74, 6) is 1.18. The van der Waals surface area contributed by atoms with Gasteiger partial charge in [-0.3, -0.25) is 14.3 Å². The Morgan fingerprint density at radius 1 is 1.10 bits per heavy atom. The number of para-hydroxylation sites is 1. The Balaban J connectivity index is 1.20. The number of H-pyrrole nitrogens is 1. The number of carbonyl (C=O) groups excluding carboxylic acids is 2. The molecule has 0 saturated heterocycles. The predicted octanol–water partition coefficient (Wildman–Crippen LogP) is 5.23. The molecule has 0 spiro atoms. The lowest BCUT2D eigenvalue weighted by atomic mass is 10.1. The highest BCUT2D eigenvalue weighted by Gasteiger charge is 2.32. The Hall–Kier alpha value is -4.99. The van der Waals surface area contributed by atoms with E-state index in [1.54, 1.807) is 21.8 Å². The molecule has 40 heavy (non-hydrogen) atoms. The largest absolute Gasteiger partial charge is 0.359 e. The molecule has 3 aromatic heterocycles. The summed E-state index contributed by atoms with van der Waals surface area (Å²) in [6.45, 7) is 4.42. The molecule has 10 nitrogen and oxygen atoms in total. The summed E-state index contributed by atoms with van der Waals surface area (Å²) in [6.07, 6.45) is 5.59. The number of nitrogens with one attached hydrogen (secondary N) is 3. The van der Waals surface area contributed by atoms with Gasteiger partial charge in [0.25, 0.3) is 5.91 Å². The van der Waals surface area contributed by atoms with Crippen molar-refractivity contribution in [3.63, 3.8) is 0 Å². The maximum Gasteiger partial charge on any atom is 0.259 e. The van der Waals surface area contributed by atoms with E-state index in [1.807, 2.05) is 63.5 Å². The number of aromatic amines is 1. The van der Waals surface area contributed by atoms with Gasteiger partial charge in [-0.05, 0) is 56.0 Å². The van der Waals surface area contributed by atoms with Gasteiger partial charge in [-0.1, -0.05) is 18.2 Å². The first kappa shape index (κ1) is 24.1. The highest BCUT2D eigenvalue weighted by molar-refractivity contribution is 6.15. The minimum Gasteiger partial charge on any atom is -0.359 e. The zero-order valence-electron chi connectivity index (χ0n) is 22.4. The van der Waals surface area contributed by atoms with Gasteiger partial charge in [0.1, 0.15) is 0 Å². The number of rotatable bonds is 6. The molecule has 200 valence electrons. The highest BCUT2D eigenvalue weighted by Crippen LogP contribution is 2.38. The number of aromatic nitrogens is 5. The number of benzene rings is 2. The molecule has 2 amide bonds. The van der Waals surface area contributed by atoms with E-state index in [0.29, 0.717) is 29.6 Å². The van der Waals surface area contributed by atoms with Gasteiger partial charge in [-0.2, -0.15) is 5.10 Å². The Labute approximate surface area is 230 Å². The lowest BCUT2D eigenvalue weighted by Crippen LogP contribution is -2.23. The van der Waals surface area contributed by atoms with Crippen molar-refractivity contribution in [2.45, 2.75) is 33.2 Å². The smallest absolute Gasteiger partial charge is 0.259 e. The van der Waals surface area contributed by atoms with Gasteiger partial charge in [-0.15, -0.1) is 0 Å². The van der Waals surface area contributed by atoms with Gasteiger partial charge >= 0.3 is 0 Å². The molecule has 4 heterocycles. The maximum absolute atomic E-state index is 13.6. The van der Waals surface area contributed by atoms with Crippen LogP contribution in [0.1, 0.15) is 40.0 Å². The van der Waals surface area contributed by atoms with Crippen LogP contribution in [0.15, 0.2) is 54.9 Å². The van der Waals surface area contributed by atoms with Gasteiger partial charge in [0, 0.05) is 59.3 Å². The summed E-state index contributed by atoms with van der Waals surface area (Å²) in [4.78, 5) is 40.2. The van der Waals surface area contributed by atoms with Crippen molar-refractivity contribution in [2.24, 2.45) is 13.0 Å². The third-order valence-corrected chi connectivity index (χ3v) is 7.69. The molecule has 0 radical (unpaired) electrons. The molecule has 1 aliphatic carbocycles. The Kier molecular flexibility index (Phi) is 5.44. The number of aryl methyl sites for hydroxylation is 3. The SMILES string of the molecule is Cc1cnc(Nc2cc(C)n(C)n2)nc1-c1c[nH]c2c(N3Cc4ccc(NC(=O)C5CC5)cc4C3=O)cccc12. The number of nitrogens with zero attached hydrogens (tertiary/aromatic N) is 5. The van der Waals surface area contributed by atoms with E-state index in [2.05, 4.69) is 25.7 Å². The van der Waals surface area contributed by atoms with Crippen molar-refractivity contribution < 1.29 is 9.59 Å². The van der Waals surface area contributed by atoms with Gasteiger partial charge < -0.3 is 20.5 Å². The first-order valence-electron chi connectivity index (χ1n) is 13.3. The molecule has 0 bridgehead atoms. The molecule has 10 heteroatoms. The second-order valence-electron chi connectivity index (χ2n) is 10.6. The van der Waals surface area contributed by atoms with Crippen LogP contribution in [0.5, 0.6) is 0 Å². The molecular formula is C30H28N8O2. The van der Waals surface area contributed by atoms with E-state index in [9.17, 15) is 9.59 Å². The van der Waals surface area contributed by atoms with Gasteiger partial charge in [-0.25, -0.2) is 9.97 Å². The average Bonchev–Trinajstić information content (AvgIpc) is 3.53. The third kappa shape index (κ3) is 4.08. The topological polar surface area (TPSA) is 121 Å². The molecule has 1 fully saturated rings. The number of amides is 2. The molecule has 2 aromatic carbocycles. The van der Waals surface area contributed by atoms with E-state index in [-0.39, 0.29) is 17.7 Å². The van der Waals surface area contributed by atoms with Gasteiger partial charge in [0.2, 0.25) is 11.9 Å². The van der Waals surface area contributed by atoms with Crippen molar-refractivity contribution in [2.75, 3.05) is 15.5 Å². The summed E-state index contributed by atoms with van der Waals surface area (Å²) in [5, 5.41) is 11.5. The minimum atomic E-state index is -0.0865. The molecule has 3 N–H and O–H groups in total. The Morgan fingerprint density at radius 2 is 1.95 bits per heavy atom. The fourth-order valence-corrected chi connectivity index (χ4v) is 5.23. The molecule has 2 aliphatic rings. The van der Waals surface area contributed by atoms with Crippen molar-refractivity contribution in [3.8, 4) is 11.3 Å². The van der Waals surface area contributed by atoms with Crippen LogP contribution in [0.4, 0.5) is 23.1 Å². The van der Waals surface area contributed by atoms with E-state index in [1.165, 1.54) is 0 Å². The molecule has 0 atom stereocenters. The van der Waals surface area contributed by atoms with Crippen molar-refractivity contribution in [1.82, 2.24) is 24.7 Å². The van der Waals surface area contributed by atoms with Crippen molar-refractivity contribution in [3.05, 3.63) is 77.2 Å². The van der Waals surface area contributed by atoms with Gasteiger partial charge in [0.05, 0.1) is 23.4 Å².